The highest BCUT2D eigenvalue weighted by Crippen LogP contribution is 2.32. The average Bonchev–Trinajstić information content (AvgIpc) is 3.53. The molecule has 1 aliphatic heterocycles. The molecule has 0 bridgehead atoms. The van der Waals surface area contributed by atoms with Gasteiger partial charge >= 0.3 is 0 Å². The van der Waals surface area contributed by atoms with E-state index in [-0.39, 0.29) is 5.91 Å². The van der Waals surface area contributed by atoms with Crippen LogP contribution in [0.25, 0.3) is 11.1 Å². The molecule has 0 spiro atoms. The Morgan fingerprint density at radius 3 is 2.50 bits per heavy atom. The van der Waals surface area contributed by atoms with Gasteiger partial charge in [-0.1, -0.05) is 42.5 Å². The second-order valence-corrected chi connectivity index (χ2v) is 9.50. The lowest BCUT2D eigenvalue weighted by atomic mass is 10.0. The fraction of sp³-hybridized carbons (Fsp3) is 0.308. The zero-order valence-corrected chi connectivity index (χ0v) is 18.8. The summed E-state index contributed by atoms with van der Waals surface area (Å²) in [7, 11) is 0. The number of rotatable bonds is 6. The molecule has 164 valence electrons. The molecule has 2 aliphatic rings. The van der Waals surface area contributed by atoms with Crippen molar-refractivity contribution in [3.05, 3.63) is 76.5 Å². The Morgan fingerprint density at radius 1 is 0.938 bits per heavy atom. The van der Waals surface area contributed by atoms with Crippen molar-refractivity contribution in [2.24, 2.45) is 5.92 Å². The molecule has 0 unspecified atom stereocenters. The van der Waals surface area contributed by atoms with E-state index in [1.165, 1.54) is 16.9 Å². The van der Waals surface area contributed by atoms with E-state index < -0.39 is 0 Å². The van der Waals surface area contributed by atoms with Gasteiger partial charge in [-0.05, 0) is 47.5 Å². The quantitative estimate of drug-likeness (QED) is 0.597. The fourth-order valence-corrected chi connectivity index (χ4v) is 4.86. The van der Waals surface area contributed by atoms with Gasteiger partial charge in [-0.25, -0.2) is 0 Å². The zero-order chi connectivity index (χ0) is 21.9. The molecule has 2 fully saturated rings. The van der Waals surface area contributed by atoms with E-state index >= 15 is 0 Å². The number of benzene rings is 2. The lowest BCUT2D eigenvalue weighted by Gasteiger charge is -2.35. The fourth-order valence-electron chi connectivity index (χ4n) is 4.25. The Labute approximate surface area is 192 Å². The zero-order valence-electron chi connectivity index (χ0n) is 18.0. The summed E-state index contributed by atoms with van der Waals surface area (Å²) in [5.41, 5.74) is 4.16. The van der Waals surface area contributed by atoms with Crippen molar-refractivity contribution in [2.45, 2.75) is 19.4 Å². The molecule has 2 aromatic carbocycles. The van der Waals surface area contributed by atoms with E-state index in [1.807, 2.05) is 46.7 Å². The van der Waals surface area contributed by atoms with E-state index in [0.717, 1.165) is 62.4 Å². The van der Waals surface area contributed by atoms with Crippen LogP contribution in [-0.2, 0) is 11.3 Å². The van der Waals surface area contributed by atoms with Gasteiger partial charge in [0.15, 0.2) is 0 Å². The molecule has 0 radical (unpaired) electrons. The van der Waals surface area contributed by atoms with Crippen LogP contribution in [0.15, 0.2) is 66.0 Å². The van der Waals surface area contributed by atoms with Crippen LogP contribution in [0.4, 0.5) is 5.69 Å². The van der Waals surface area contributed by atoms with Crippen LogP contribution in [0.3, 0.4) is 0 Å². The number of nitrogens with zero attached hydrogens (tertiary/aromatic N) is 2. The first-order valence-corrected chi connectivity index (χ1v) is 12.1. The molecular formula is C26H27N3O2S. The topological polar surface area (TPSA) is 52.7 Å². The predicted molar refractivity (Wildman–Crippen MR) is 129 cm³/mol. The maximum atomic E-state index is 12.6. The summed E-state index contributed by atoms with van der Waals surface area (Å²) < 4.78 is 0. The average molecular weight is 446 g/mol. The van der Waals surface area contributed by atoms with Crippen LogP contribution in [0.5, 0.6) is 0 Å². The van der Waals surface area contributed by atoms with Crippen molar-refractivity contribution < 1.29 is 9.59 Å². The van der Waals surface area contributed by atoms with Gasteiger partial charge in [0, 0.05) is 49.9 Å². The van der Waals surface area contributed by atoms with Gasteiger partial charge in [0.25, 0.3) is 5.91 Å². The van der Waals surface area contributed by atoms with Gasteiger partial charge in [0.1, 0.15) is 0 Å². The van der Waals surface area contributed by atoms with Gasteiger partial charge in [-0.15, -0.1) is 11.3 Å². The van der Waals surface area contributed by atoms with Gasteiger partial charge in [0.2, 0.25) is 5.91 Å². The molecule has 2 amide bonds. The number of carbonyl (C=O) groups is 2. The first kappa shape index (κ1) is 20.9. The molecule has 1 aliphatic carbocycles. The van der Waals surface area contributed by atoms with E-state index in [0.29, 0.717) is 16.7 Å². The normalized spacial score (nSPS) is 16.7. The minimum atomic E-state index is -0.0813. The Morgan fingerprint density at radius 2 is 1.75 bits per heavy atom. The maximum absolute atomic E-state index is 12.6. The molecule has 3 aromatic rings. The van der Waals surface area contributed by atoms with Gasteiger partial charge in [-0.3, -0.25) is 14.5 Å². The van der Waals surface area contributed by atoms with Crippen LogP contribution < -0.4 is 5.32 Å². The molecule has 5 nitrogen and oxygen atoms in total. The van der Waals surface area contributed by atoms with Crippen LogP contribution in [0.2, 0.25) is 0 Å². The Hall–Kier alpha value is -2.96. The minimum absolute atomic E-state index is 0.0813. The Bertz CT molecular complexity index is 1100. The molecule has 1 N–H and O–H groups in total. The largest absolute Gasteiger partial charge is 0.340 e. The third-order valence-electron chi connectivity index (χ3n) is 6.17. The van der Waals surface area contributed by atoms with Crippen molar-refractivity contribution in [3.8, 4) is 11.1 Å². The summed E-state index contributed by atoms with van der Waals surface area (Å²) in [6.07, 6.45) is 2.14. The van der Waals surface area contributed by atoms with Crippen molar-refractivity contribution in [3.63, 3.8) is 0 Å². The molecule has 0 atom stereocenters. The predicted octanol–water partition coefficient (Wildman–Crippen LogP) is 4.72. The second kappa shape index (κ2) is 9.27. The maximum Gasteiger partial charge on any atom is 0.265 e. The van der Waals surface area contributed by atoms with Crippen LogP contribution >= 0.6 is 11.3 Å². The van der Waals surface area contributed by atoms with Crippen molar-refractivity contribution >= 4 is 28.8 Å². The number of thiophene rings is 1. The Balaban J connectivity index is 1.26. The minimum Gasteiger partial charge on any atom is -0.340 e. The molecular weight excluding hydrogens is 418 g/mol. The number of amides is 2. The summed E-state index contributed by atoms with van der Waals surface area (Å²) in [5, 5.41) is 4.97. The molecule has 1 aromatic heterocycles. The van der Waals surface area contributed by atoms with Gasteiger partial charge < -0.3 is 10.2 Å². The number of carbonyl (C=O) groups excluding carboxylic acids is 2. The number of para-hydroxylation sites is 1. The summed E-state index contributed by atoms with van der Waals surface area (Å²) in [5.74, 6) is 0.577. The van der Waals surface area contributed by atoms with Crippen LogP contribution in [0.1, 0.15) is 28.1 Å². The highest BCUT2D eigenvalue weighted by atomic mass is 32.1. The van der Waals surface area contributed by atoms with Gasteiger partial charge in [0.05, 0.1) is 4.88 Å². The summed E-state index contributed by atoms with van der Waals surface area (Å²) >= 11 is 1.44. The van der Waals surface area contributed by atoms with Crippen molar-refractivity contribution in [1.29, 1.82) is 0 Å². The number of hydrogen-bond acceptors (Lipinski definition) is 4. The van der Waals surface area contributed by atoms with E-state index in [2.05, 4.69) is 34.5 Å². The molecule has 6 heteroatoms. The van der Waals surface area contributed by atoms with Gasteiger partial charge in [-0.2, -0.15) is 0 Å². The molecule has 1 saturated carbocycles. The molecule has 32 heavy (non-hydrogen) atoms. The first-order valence-electron chi connectivity index (χ1n) is 11.2. The SMILES string of the molecule is O=C(Nc1ccccc1-c1cccc(CN2CCN(C(=O)C3CC3)CC2)c1)c1cccs1. The first-order chi connectivity index (χ1) is 15.7. The molecule has 1 saturated heterocycles. The number of piperazine rings is 1. The Kier molecular flexibility index (Phi) is 6.06. The summed E-state index contributed by atoms with van der Waals surface area (Å²) in [6.45, 7) is 4.34. The number of hydrogen-bond donors (Lipinski definition) is 1. The van der Waals surface area contributed by atoms with E-state index in [9.17, 15) is 9.59 Å². The molecule has 2 heterocycles. The van der Waals surface area contributed by atoms with Crippen molar-refractivity contribution in [2.75, 3.05) is 31.5 Å². The lowest BCUT2D eigenvalue weighted by molar-refractivity contribution is -0.134. The lowest BCUT2D eigenvalue weighted by Crippen LogP contribution is -2.48. The number of anilines is 1. The van der Waals surface area contributed by atoms with Crippen LogP contribution in [0, 0.1) is 5.92 Å². The third kappa shape index (κ3) is 4.76. The smallest absolute Gasteiger partial charge is 0.265 e. The van der Waals surface area contributed by atoms with E-state index in [4.69, 9.17) is 0 Å². The van der Waals surface area contributed by atoms with Crippen LogP contribution in [-0.4, -0.2) is 47.8 Å². The third-order valence-corrected chi connectivity index (χ3v) is 7.04. The molecule has 5 rings (SSSR count). The second-order valence-electron chi connectivity index (χ2n) is 8.55. The highest BCUT2D eigenvalue weighted by Gasteiger charge is 2.34. The highest BCUT2D eigenvalue weighted by molar-refractivity contribution is 7.12. The standard InChI is InChI=1S/C26H27N3O2S/c30-25(24-9-4-16-32-24)27-23-8-2-1-7-22(23)21-6-3-5-19(17-21)18-28-12-14-29(15-13-28)26(31)20-10-11-20/h1-9,16-17,20H,10-15,18H2,(H,27,30). The number of nitrogens with one attached hydrogen (secondary N) is 1. The van der Waals surface area contributed by atoms with E-state index in [1.54, 1.807) is 0 Å². The van der Waals surface area contributed by atoms with Crippen molar-refractivity contribution in [1.82, 2.24) is 9.80 Å². The summed E-state index contributed by atoms with van der Waals surface area (Å²) in [4.78, 5) is 30.0. The monoisotopic (exact) mass is 445 g/mol. The summed E-state index contributed by atoms with van der Waals surface area (Å²) in [6, 6.07) is 20.2.